The van der Waals surface area contributed by atoms with Crippen LogP contribution in [0.4, 0.5) is 5.69 Å². The second kappa shape index (κ2) is 5.89. The summed E-state index contributed by atoms with van der Waals surface area (Å²) >= 11 is 5.89. The number of fused-ring (bicyclic) bond motifs is 1. The van der Waals surface area contributed by atoms with E-state index in [0.29, 0.717) is 10.8 Å². The first-order valence-corrected chi connectivity index (χ1v) is 8.12. The quantitative estimate of drug-likeness (QED) is 0.831. The van der Waals surface area contributed by atoms with Crippen molar-refractivity contribution < 1.29 is 9.53 Å². The highest BCUT2D eigenvalue weighted by Crippen LogP contribution is 2.34. The molecule has 0 saturated heterocycles. The molecule has 2 aromatic rings. The summed E-state index contributed by atoms with van der Waals surface area (Å²) in [5, 5.41) is 0.642. The fourth-order valence-corrected chi connectivity index (χ4v) is 3.13. The van der Waals surface area contributed by atoms with Crippen molar-refractivity contribution in [2.45, 2.75) is 38.8 Å². The minimum atomic E-state index is -0.959. The summed E-state index contributed by atoms with van der Waals surface area (Å²) < 4.78 is 5.94. The van der Waals surface area contributed by atoms with Crippen molar-refractivity contribution in [3.8, 4) is 5.75 Å². The van der Waals surface area contributed by atoms with Crippen molar-refractivity contribution in [3.05, 3.63) is 59.1 Å². The average Bonchev–Trinajstić information content (AvgIpc) is 2.84. The Hall–Kier alpha value is -2.00. The van der Waals surface area contributed by atoms with Gasteiger partial charge in [-0.1, -0.05) is 29.8 Å². The molecule has 0 N–H and O–H groups in total. The molecule has 1 atom stereocenters. The van der Waals surface area contributed by atoms with E-state index < -0.39 is 5.60 Å². The highest BCUT2D eigenvalue weighted by molar-refractivity contribution is 6.30. The Morgan fingerprint density at radius 3 is 2.52 bits per heavy atom. The fraction of sp³-hybridized carbons (Fsp3) is 0.316. The minimum absolute atomic E-state index is 0.0371. The lowest BCUT2D eigenvalue weighted by Gasteiger charge is -2.32. The maximum atomic E-state index is 13.1. The summed E-state index contributed by atoms with van der Waals surface area (Å²) in [6.45, 7) is 5.67. The van der Waals surface area contributed by atoms with Gasteiger partial charge in [-0.25, -0.2) is 0 Å². The van der Waals surface area contributed by atoms with Crippen molar-refractivity contribution in [2.75, 3.05) is 4.90 Å². The van der Waals surface area contributed by atoms with Crippen LogP contribution in [0.3, 0.4) is 0 Å². The number of nitrogens with zero attached hydrogens (tertiary/aromatic N) is 1. The minimum Gasteiger partial charge on any atom is -0.478 e. The summed E-state index contributed by atoms with van der Waals surface area (Å²) in [5.74, 6) is 0.595. The van der Waals surface area contributed by atoms with Crippen molar-refractivity contribution in [3.63, 3.8) is 0 Å². The third kappa shape index (κ3) is 3.06. The molecule has 3 rings (SSSR count). The first kappa shape index (κ1) is 15.9. The Kier molecular flexibility index (Phi) is 4.07. The van der Waals surface area contributed by atoms with Crippen molar-refractivity contribution in [1.29, 1.82) is 0 Å². The van der Waals surface area contributed by atoms with Gasteiger partial charge >= 0.3 is 0 Å². The van der Waals surface area contributed by atoms with Crippen LogP contribution >= 0.6 is 11.6 Å². The summed E-state index contributed by atoms with van der Waals surface area (Å²) in [4.78, 5) is 14.9. The molecule has 1 aliphatic heterocycles. The van der Waals surface area contributed by atoms with Crippen LogP contribution in [0.15, 0.2) is 48.5 Å². The molecule has 1 aliphatic rings. The lowest BCUT2D eigenvalue weighted by molar-refractivity contribution is -0.131. The topological polar surface area (TPSA) is 29.5 Å². The fourth-order valence-electron chi connectivity index (χ4n) is 3.01. The van der Waals surface area contributed by atoms with Crippen LogP contribution in [0.2, 0.25) is 5.02 Å². The van der Waals surface area contributed by atoms with Gasteiger partial charge in [-0.3, -0.25) is 4.79 Å². The number of amides is 1. The molecule has 2 aromatic carbocycles. The summed E-state index contributed by atoms with van der Waals surface area (Å²) in [7, 11) is 0. The van der Waals surface area contributed by atoms with Gasteiger partial charge in [-0.05, 0) is 63.1 Å². The lowest BCUT2D eigenvalue weighted by atomic mass is 10.1. The molecule has 0 radical (unpaired) electrons. The van der Waals surface area contributed by atoms with Gasteiger partial charge in [0.15, 0.2) is 5.60 Å². The maximum absolute atomic E-state index is 13.1. The molecule has 1 heterocycles. The predicted molar refractivity (Wildman–Crippen MR) is 93.3 cm³/mol. The van der Waals surface area contributed by atoms with Crippen LogP contribution in [0.1, 0.15) is 26.3 Å². The third-order valence-electron chi connectivity index (χ3n) is 4.13. The standard InChI is InChI=1S/C19H20ClNO2/c1-13-12-14-6-4-5-7-17(14)21(13)18(22)19(2,3)23-16-10-8-15(20)9-11-16/h4-11,13H,12H2,1-3H3/t13-/m1/s1. The first-order chi connectivity index (χ1) is 10.9. The predicted octanol–water partition coefficient (Wildman–Crippen LogP) is 4.48. The van der Waals surface area contributed by atoms with E-state index in [1.807, 2.05) is 23.1 Å². The molecule has 120 valence electrons. The van der Waals surface area contributed by atoms with Gasteiger partial charge in [0.1, 0.15) is 5.75 Å². The normalized spacial score (nSPS) is 17.0. The van der Waals surface area contributed by atoms with Crippen molar-refractivity contribution >= 4 is 23.2 Å². The number of halogens is 1. The Morgan fingerprint density at radius 2 is 1.83 bits per heavy atom. The Labute approximate surface area is 141 Å². The van der Waals surface area contributed by atoms with Gasteiger partial charge in [0.2, 0.25) is 0 Å². The third-order valence-corrected chi connectivity index (χ3v) is 4.38. The summed E-state index contributed by atoms with van der Waals surface area (Å²) in [5.41, 5.74) is 1.23. The molecule has 0 unspecified atom stereocenters. The van der Waals surface area contributed by atoms with E-state index in [4.69, 9.17) is 16.3 Å². The van der Waals surface area contributed by atoms with Crippen LogP contribution in [-0.4, -0.2) is 17.6 Å². The molecule has 0 saturated carbocycles. The van der Waals surface area contributed by atoms with Crippen LogP contribution in [0.25, 0.3) is 0 Å². The smallest absolute Gasteiger partial charge is 0.270 e. The van der Waals surface area contributed by atoms with E-state index in [0.717, 1.165) is 12.1 Å². The van der Waals surface area contributed by atoms with Gasteiger partial charge in [-0.15, -0.1) is 0 Å². The largest absolute Gasteiger partial charge is 0.478 e. The van der Waals surface area contributed by atoms with E-state index in [9.17, 15) is 4.79 Å². The van der Waals surface area contributed by atoms with E-state index >= 15 is 0 Å². The van der Waals surface area contributed by atoms with E-state index in [1.165, 1.54) is 5.56 Å². The molecule has 0 aliphatic carbocycles. The molecule has 4 heteroatoms. The van der Waals surface area contributed by atoms with E-state index in [-0.39, 0.29) is 11.9 Å². The van der Waals surface area contributed by atoms with Gasteiger partial charge in [-0.2, -0.15) is 0 Å². The van der Waals surface area contributed by atoms with Gasteiger partial charge in [0.05, 0.1) is 0 Å². The Balaban J connectivity index is 1.85. The molecule has 23 heavy (non-hydrogen) atoms. The first-order valence-electron chi connectivity index (χ1n) is 7.74. The van der Waals surface area contributed by atoms with Crippen molar-refractivity contribution in [2.24, 2.45) is 0 Å². The summed E-state index contributed by atoms with van der Waals surface area (Å²) in [6.07, 6.45) is 0.874. The average molecular weight is 330 g/mol. The molecule has 3 nitrogen and oxygen atoms in total. The van der Waals surface area contributed by atoms with Gasteiger partial charge < -0.3 is 9.64 Å². The number of anilines is 1. The number of hydrogen-bond acceptors (Lipinski definition) is 2. The van der Waals surface area contributed by atoms with Crippen LogP contribution in [0, 0.1) is 0 Å². The van der Waals surface area contributed by atoms with Crippen molar-refractivity contribution in [1.82, 2.24) is 0 Å². The number of carbonyl (C=O) groups is 1. The maximum Gasteiger partial charge on any atom is 0.270 e. The number of para-hydroxylation sites is 1. The molecular weight excluding hydrogens is 310 g/mol. The molecule has 1 amide bonds. The molecular formula is C19H20ClNO2. The number of carbonyl (C=O) groups excluding carboxylic acids is 1. The van der Waals surface area contributed by atoms with E-state index in [1.54, 1.807) is 38.1 Å². The number of hydrogen-bond donors (Lipinski definition) is 0. The Bertz CT molecular complexity index is 724. The van der Waals surface area contributed by atoms with Crippen LogP contribution in [-0.2, 0) is 11.2 Å². The molecule has 0 aromatic heterocycles. The van der Waals surface area contributed by atoms with Gasteiger partial charge in [0.25, 0.3) is 5.91 Å². The number of rotatable bonds is 3. The lowest BCUT2D eigenvalue weighted by Crippen LogP contribution is -2.51. The zero-order chi connectivity index (χ0) is 16.6. The zero-order valence-electron chi connectivity index (χ0n) is 13.5. The number of benzene rings is 2. The highest BCUT2D eigenvalue weighted by atomic mass is 35.5. The molecule has 0 spiro atoms. The van der Waals surface area contributed by atoms with Crippen LogP contribution in [0.5, 0.6) is 5.75 Å². The Morgan fingerprint density at radius 1 is 1.17 bits per heavy atom. The number of ether oxygens (including phenoxy) is 1. The zero-order valence-corrected chi connectivity index (χ0v) is 14.3. The molecule has 0 fully saturated rings. The SMILES string of the molecule is C[C@@H]1Cc2ccccc2N1C(=O)C(C)(C)Oc1ccc(Cl)cc1. The van der Waals surface area contributed by atoms with Gasteiger partial charge in [0, 0.05) is 16.8 Å². The monoisotopic (exact) mass is 329 g/mol. The van der Waals surface area contributed by atoms with E-state index in [2.05, 4.69) is 13.0 Å². The second-order valence-corrected chi connectivity index (χ2v) is 6.86. The van der Waals surface area contributed by atoms with Crippen LogP contribution < -0.4 is 9.64 Å². The second-order valence-electron chi connectivity index (χ2n) is 6.42. The molecule has 0 bridgehead atoms. The summed E-state index contributed by atoms with van der Waals surface area (Å²) in [6, 6.07) is 15.2. The highest BCUT2D eigenvalue weighted by Gasteiger charge is 2.40.